The number of hydrogen-bond acceptors (Lipinski definition) is 3. The summed E-state index contributed by atoms with van der Waals surface area (Å²) in [7, 11) is 0. The van der Waals surface area contributed by atoms with E-state index in [0.717, 1.165) is 0 Å². The second kappa shape index (κ2) is 3.86. The maximum Gasteiger partial charge on any atom is 0.225 e. The van der Waals surface area contributed by atoms with Crippen LogP contribution in [0, 0.1) is 0 Å². The molecule has 0 aromatic carbocycles. The van der Waals surface area contributed by atoms with Crippen molar-refractivity contribution in [2.45, 2.75) is 44.8 Å². The number of thiophene rings is 1. The first kappa shape index (κ1) is 11.6. The minimum atomic E-state index is -0.167. The van der Waals surface area contributed by atoms with Gasteiger partial charge in [-0.3, -0.25) is 4.79 Å². The number of carbonyl (C=O) groups is 1. The number of likely N-dealkylation sites (tertiary alicyclic amines) is 1. The summed E-state index contributed by atoms with van der Waals surface area (Å²) >= 11 is 1.67. The maximum absolute atomic E-state index is 12.0. The molecule has 1 amide bonds. The van der Waals surface area contributed by atoms with Crippen molar-refractivity contribution in [2.75, 3.05) is 0 Å². The standard InChI is InChI=1S/C12H18N2OS/c1-12(2,3)14-10(15)7-8(13)11(14)9-5-4-6-16-9/h4-6,8,11H,7,13H2,1-3H3. The highest BCUT2D eigenvalue weighted by Gasteiger charge is 2.44. The summed E-state index contributed by atoms with van der Waals surface area (Å²) in [6.07, 6.45) is 0.458. The van der Waals surface area contributed by atoms with E-state index in [1.54, 1.807) is 11.3 Å². The Bertz CT molecular complexity index is 380. The fourth-order valence-electron chi connectivity index (χ4n) is 2.35. The Balaban J connectivity index is 2.38. The number of nitrogens with two attached hydrogens (primary N) is 1. The quantitative estimate of drug-likeness (QED) is 0.815. The van der Waals surface area contributed by atoms with Crippen LogP contribution in [0.15, 0.2) is 17.5 Å². The van der Waals surface area contributed by atoms with Gasteiger partial charge in [-0.05, 0) is 32.2 Å². The molecular formula is C12H18N2OS. The van der Waals surface area contributed by atoms with Crippen molar-refractivity contribution < 1.29 is 4.79 Å². The van der Waals surface area contributed by atoms with E-state index in [1.165, 1.54) is 4.88 Å². The van der Waals surface area contributed by atoms with Crippen molar-refractivity contribution >= 4 is 17.2 Å². The Labute approximate surface area is 100 Å². The predicted octanol–water partition coefficient (Wildman–Crippen LogP) is 2.15. The molecule has 1 saturated heterocycles. The molecule has 1 aromatic heterocycles. The topological polar surface area (TPSA) is 46.3 Å². The Morgan fingerprint density at radius 3 is 2.69 bits per heavy atom. The molecule has 1 fully saturated rings. The Morgan fingerprint density at radius 2 is 2.19 bits per heavy atom. The Kier molecular flexibility index (Phi) is 2.80. The summed E-state index contributed by atoms with van der Waals surface area (Å²) in [6, 6.07) is 4.04. The highest BCUT2D eigenvalue weighted by atomic mass is 32.1. The highest BCUT2D eigenvalue weighted by Crippen LogP contribution is 2.39. The molecule has 2 atom stereocenters. The van der Waals surface area contributed by atoms with Gasteiger partial charge in [0.15, 0.2) is 0 Å². The molecule has 0 bridgehead atoms. The molecule has 0 spiro atoms. The molecule has 1 aliphatic heterocycles. The van der Waals surface area contributed by atoms with Crippen LogP contribution in [0.5, 0.6) is 0 Å². The number of hydrogen-bond donors (Lipinski definition) is 1. The molecule has 2 unspecified atom stereocenters. The zero-order valence-corrected chi connectivity index (χ0v) is 10.8. The van der Waals surface area contributed by atoms with E-state index in [1.807, 2.05) is 16.3 Å². The van der Waals surface area contributed by atoms with E-state index < -0.39 is 0 Å². The Hall–Kier alpha value is -0.870. The predicted molar refractivity (Wildman–Crippen MR) is 66.3 cm³/mol. The largest absolute Gasteiger partial charge is 0.328 e. The van der Waals surface area contributed by atoms with E-state index in [2.05, 4.69) is 26.8 Å². The van der Waals surface area contributed by atoms with Gasteiger partial charge in [-0.2, -0.15) is 0 Å². The third-order valence-electron chi connectivity index (χ3n) is 2.92. The second-order valence-electron chi connectivity index (χ2n) is 5.26. The molecule has 1 aliphatic rings. The van der Waals surface area contributed by atoms with Crippen molar-refractivity contribution in [1.82, 2.24) is 4.90 Å². The zero-order valence-electron chi connectivity index (χ0n) is 9.93. The number of rotatable bonds is 1. The summed E-state index contributed by atoms with van der Waals surface area (Å²) in [5, 5.41) is 2.03. The fourth-order valence-corrected chi connectivity index (χ4v) is 3.24. The van der Waals surface area contributed by atoms with Gasteiger partial charge in [0.1, 0.15) is 0 Å². The first-order chi connectivity index (χ1) is 7.41. The number of carbonyl (C=O) groups excluding carboxylic acids is 1. The number of nitrogens with zero attached hydrogens (tertiary/aromatic N) is 1. The van der Waals surface area contributed by atoms with Crippen molar-refractivity contribution in [2.24, 2.45) is 5.73 Å². The highest BCUT2D eigenvalue weighted by molar-refractivity contribution is 7.10. The zero-order chi connectivity index (χ0) is 11.9. The molecule has 3 nitrogen and oxygen atoms in total. The lowest BCUT2D eigenvalue weighted by molar-refractivity contribution is -0.133. The summed E-state index contributed by atoms with van der Waals surface area (Å²) < 4.78 is 0. The molecule has 0 radical (unpaired) electrons. The molecule has 88 valence electrons. The minimum absolute atomic E-state index is 0.0486. The third kappa shape index (κ3) is 1.87. The van der Waals surface area contributed by atoms with Gasteiger partial charge in [-0.15, -0.1) is 11.3 Å². The van der Waals surface area contributed by atoms with Crippen LogP contribution >= 0.6 is 11.3 Å². The lowest BCUT2D eigenvalue weighted by Gasteiger charge is -2.37. The van der Waals surface area contributed by atoms with Crippen LogP contribution in [-0.2, 0) is 4.79 Å². The molecule has 0 saturated carbocycles. The van der Waals surface area contributed by atoms with Gasteiger partial charge < -0.3 is 10.6 Å². The molecule has 16 heavy (non-hydrogen) atoms. The summed E-state index contributed by atoms with van der Waals surface area (Å²) in [4.78, 5) is 15.1. The molecule has 2 N–H and O–H groups in total. The first-order valence-corrected chi connectivity index (χ1v) is 6.40. The van der Waals surface area contributed by atoms with Crippen LogP contribution < -0.4 is 5.73 Å². The van der Waals surface area contributed by atoms with Crippen molar-refractivity contribution in [3.63, 3.8) is 0 Å². The lowest BCUT2D eigenvalue weighted by atomic mass is 10.0. The Morgan fingerprint density at radius 1 is 1.50 bits per heavy atom. The summed E-state index contributed by atoms with van der Waals surface area (Å²) in [5.41, 5.74) is 5.93. The van der Waals surface area contributed by atoms with Crippen molar-refractivity contribution in [3.05, 3.63) is 22.4 Å². The molecule has 2 heterocycles. The van der Waals surface area contributed by atoms with Gasteiger partial charge in [0.25, 0.3) is 0 Å². The lowest BCUT2D eigenvalue weighted by Crippen LogP contribution is -2.45. The van der Waals surface area contributed by atoms with Crippen LogP contribution in [0.2, 0.25) is 0 Å². The minimum Gasteiger partial charge on any atom is -0.328 e. The van der Waals surface area contributed by atoms with Crippen molar-refractivity contribution in [3.8, 4) is 0 Å². The van der Waals surface area contributed by atoms with E-state index in [4.69, 9.17) is 5.73 Å². The molecule has 1 aromatic rings. The SMILES string of the molecule is CC(C)(C)N1C(=O)CC(N)C1c1cccs1. The van der Waals surface area contributed by atoms with E-state index in [9.17, 15) is 4.79 Å². The van der Waals surface area contributed by atoms with Gasteiger partial charge in [0, 0.05) is 22.9 Å². The summed E-state index contributed by atoms with van der Waals surface area (Å²) in [5.74, 6) is 0.165. The van der Waals surface area contributed by atoms with Crippen LogP contribution in [-0.4, -0.2) is 22.4 Å². The van der Waals surface area contributed by atoms with E-state index >= 15 is 0 Å². The van der Waals surface area contributed by atoms with Gasteiger partial charge in [0.05, 0.1) is 6.04 Å². The summed E-state index contributed by atoms with van der Waals surface area (Å²) in [6.45, 7) is 6.18. The molecule has 4 heteroatoms. The normalized spacial score (nSPS) is 26.5. The van der Waals surface area contributed by atoms with E-state index in [0.29, 0.717) is 6.42 Å². The van der Waals surface area contributed by atoms with Gasteiger partial charge in [0.2, 0.25) is 5.91 Å². The third-order valence-corrected chi connectivity index (χ3v) is 3.86. The fraction of sp³-hybridized carbons (Fsp3) is 0.583. The second-order valence-corrected chi connectivity index (χ2v) is 6.24. The monoisotopic (exact) mass is 238 g/mol. The van der Waals surface area contributed by atoms with E-state index in [-0.39, 0.29) is 23.5 Å². The smallest absolute Gasteiger partial charge is 0.225 e. The van der Waals surface area contributed by atoms with Gasteiger partial charge in [-0.25, -0.2) is 0 Å². The average Bonchev–Trinajstić information content (AvgIpc) is 2.70. The molecule has 2 rings (SSSR count). The van der Waals surface area contributed by atoms with Crippen LogP contribution in [0.4, 0.5) is 0 Å². The number of amides is 1. The van der Waals surface area contributed by atoms with Crippen LogP contribution in [0.25, 0.3) is 0 Å². The van der Waals surface area contributed by atoms with Crippen LogP contribution in [0.1, 0.15) is 38.1 Å². The molecular weight excluding hydrogens is 220 g/mol. The first-order valence-electron chi connectivity index (χ1n) is 5.52. The average molecular weight is 238 g/mol. The van der Waals surface area contributed by atoms with Crippen LogP contribution in [0.3, 0.4) is 0 Å². The van der Waals surface area contributed by atoms with Crippen molar-refractivity contribution in [1.29, 1.82) is 0 Å². The molecule has 0 aliphatic carbocycles. The van der Waals surface area contributed by atoms with Gasteiger partial charge >= 0.3 is 0 Å². The maximum atomic E-state index is 12.0. The van der Waals surface area contributed by atoms with Gasteiger partial charge in [-0.1, -0.05) is 6.07 Å².